The zero-order valence-electron chi connectivity index (χ0n) is 17.2. The molecule has 0 heterocycles. The Morgan fingerprint density at radius 2 is 1.66 bits per heavy atom. The second-order valence-electron chi connectivity index (χ2n) is 6.65. The number of rotatable bonds is 10. The van der Waals surface area contributed by atoms with Crippen LogP contribution in [0.1, 0.15) is 11.1 Å². The van der Waals surface area contributed by atoms with Gasteiger partial charge in [-0.15, -0.1) is 11.8 Å². The number of halogens is 1. The number of thioether (sulfide) groups is 1. The van der Waals surface area contributed by atoms with Crippen LogP contribution in [0.15, 0.2) is 88.4 Å². The van der Waals surface area contributed by atoms with Gasteiger partial charge >= 0.3 is 0 Å². The van der Waals surface area contributed by atoms with E-state index in [1.54, 1.807) is 30.5 Å². The Hall–Kier alpha value is -3.10. The largest absolute Gasteiger partial charge is 0.484 e. The second-order valence-corrected chi connectivity index (χ2v) is 8.49. The molecule has 0 unspecified atom stereocenters. The van der Waals surface area contributed by atoms with Gasteiger partial charge in [0.05, 0.1) is 12.0 Å². The van der Waals surface area contributed by atoms with E-state index in [4.69, 9.17) is 4.74 Å². The van der Waals surface area contributed by atoms with Crippen molar-refractivity contribution < 1.29 is 14.3 Å². The molecule has 0 fully saturated rings. The number of benzene rings is 3. The van der Waals surface area contributed by atoms with Gasteiger partial charge in [0.15, 0.2) is 6.61 Å². The molecule has 3 aromatic carbocycles. The van der Waals surface area contributed by atoms with Crippen molar-refractivity contribution in [1.29, 1.82) is 0 Å². The van der Waals surface area contributed by atoms with Gasteiger partial charge in [-0.1, -0.05) is 52.3 Å². The number of carbonyl (C=O) groups excluding carboxylic acids is 2. The third-order valence-electron chi connectivity index (χ3n) is 4.16. The Balaban J connectivity index is 1.35. The van der Waals surface area contributed by atoms with E-state index in [0.717, 1.165) is 27.0 Å². The molecule has 0 atom stereocenters. The Labute approximate surface area is 199 Å². The highest BCUT2D eigenvalue weighted by Crippen LogP contribution is 2.21. The van der Waals surface area contributed by atoms with E-state index >= 15 is 0 Å². The predicted octanol–water partition coefficient (Wildman–Crippen LogP) is 4.85. The minimum Gasteiger partial charge on any atom is -0.484 e. The summed E-state index contributed by atoms with van der Waals surface area (Å²) in [6, 6.07) is 24.2. The van der Waals surface area contributed by atoms with Crippen molar-refractivity contribution in [2.24, 2.45) is 5.10 Å². The molecule has 3 aromatic rings. The lowest BCUT2D eigenvalue weighted by Crippen LogP contribution is -2.20. The lowest BCUT2D eigenvalue weighted by Gasteiger charge is -2.07. The van der Waals surface area contributed by atoms with Crippen LogP contribution in [0.2, 0.25) is 0 Å². The molecule has 0 aliphatic carbocycles. The van der Waals surface area contributed by atoms with E-state index in [0.29, 0.717) is 11.5 Å². The van der Waals surface area contributed by atoms with E-state index < -0.39 is 0 Å². The van der Waals surface area contributed by atoms with E-state index in [9.17, 15) is 9.59 Å². The fourth-order valence-electron chi connectivity index (χ4n) is 2.60. The van der Waals surface area contributed by atoms with Gasteiger partial charge in [-0.3, -0.25) is 9.59 Å². The van der Waals surface area contributed by atoms with Crippen molar-refractivity contribution in [3.05, 3.63) is 94.5 Å². The first-order chi connectivity index (χ1) is 15.6. The minimum atomic E-state index is -0.234. The van der Waals surface area contributed by atoms with Crippen LogP contribution in [0.5, 0.6) is 5.75 Å². The van der Waals surface area contributed by atoms with Crippen molar-refractivity contribution in [1.82, 2.24) is 5.43 Å². The van der Waals surface area contributed by atoms with E-state index in [-0.39, 0.29) is 18.4 Å². The molecule has 0 radical (unpaired) electrons. The van der Waals surface area contributed by atoms with Gasteiger partial charge in [-0.2, -0.15) is 5.10 Å². The van der Waals surface area contributed by atoms with E-state index in [1.807, 2.05) is 54.6 Å². The number of hydrogen-bond acceptors (Lipinski definition) is 5. The van der Waals surface area contributed by atoms with Crippen LogP contribution in [0, 0.1) is 0 Å². The molecule has 0 saturated carbocycles. The smallest absolute Gasteiger partial charge is 0.262 e. The average molecular weight is 512 g/mol. The Morgan fingerprint density at radius 1 is 0.938 bits per heavy atom. The molecule has 2 N–H and O–H groups in total. The summed E-state index contributed by atoms with van der Waals surface area (Å²) in [4.78, 5) is 23.9. The van der Waals surface area contributed by atoms with Crippen LogP contribution in [-0.2, 0) is 15.3 Å². The molecule has 0 spiro atoms. The zero-order valence-corrected chi connectivity index (χ0v) is 19.6. The molecule has 32 heavy (non-hydrogen) atoms. The number of carbonyl (C=O) groups is 2. The lowest BCUT2D eigenvalue weighted by atomic mass is 10.2. The van der Waals surface area contributed by atoms with Gasteiger partial charge in [-0.05, 0) is 53.6 Å². The summed E-state index contributed by atoms with van der Waals surface area (Å²) in [5.41, 5.74) is 5.19. The van der Waals surface area contributed by atoms with Gasteiger partial charge in [-0.25, -0.2) is 5.43 Å². The summed E-state index contributed by atoms with van der Waals surface area (Å²) in [7, 11) is 0. The molecule has 0 aromatic heterocycles. The van der Waals surface area contributed by atoms with E-state index in [1.165, 1.54) is 11.8 Å². The zero-order chi connectivity index (χ0) is 22.6. The summed E-state index contributed by atoms with van der Waals surface area (Å²) in [6.45, 7) is -0.0877. The fourth-order valence-corrected chi connectivity index (χ4v) is 4.03. The summed E-state index contributed by atoms with van der Waals surface area (Å²) < 4.78 is 6.53. The molecule has 164 valence electrons. The number of nitrogens with one attached hydrogen (secondary N) is 2. The second kappa shape index (κ2) is 12.7. The maximum atomic E-state index is 11.9. The first-order valence-corrected chi connectivity index (χ1v) is 11.8. The van der Waals surface area contributed by atoms with Crippen LogP contribution in [0.25, 0.3) is 0 Å². The Bertz CT molecular complexity index is 1060. The van der Waals surface area contributed by atoms with Crippen LogP contribution >= 0.6 is 27.7 Å². The third kappa shape index (κ3) is 8.20. The number of nitrogens with zero attached hydrogens (tertiary/aromatic N) is 1. The molecular formula is C24H22BrN3O3S. The molecule has 6 nitrogen and oxygen atoms in total. The Kier molecular flexibility index (Phi) is 9.34. The number of anilines is 1. The number of hydrogen-bond donors (Lipinski definition) is 2. The molecule has 2 amide bonds. The lowest BCUT2D eigenvalue weighted by molar-refractivity contribution is -0.119. The monoisotopic (exact) mass is 511 g/mol. The SMILES string of the molecule is O=C(CSCc1ccccc1Br)N/N=C/c1ccc(OCC(=O)Nc2ccccc2)cc1. The summed E-state index contributed by atoms with van der Waals surface area (Å²) in [5, 5.41) is 6.74. The first kappa shape index (κ1) is 23.6. The van der Waals surface area contributed by atoms with Crippen molar-refractivity contribution in [3.8, 4) is 5.75 Å². The van der Waals surface area contributed by atoms with Gasteiger partial charge in [0.2, 0.25) is 5.91 Å². The van der Waals surface area contributed by atoms with Crippen LogP contribution in [0.3, 0.4) is 0 Å². The molecule has 0 bridgehead atoms. The number of amides is 2. The van der Waals surface area contributed by atoms with E-state index in [2.05, 4.69) is 31.8 Å². The topological polar surface area (TPSA) is 79.8 Å². The van der Waals surface area contributed by atoms with Gasteiger partial charge in [0.1, 0.15) is 5.75 Å². The third-order valence-corrected chi connectivity index (χ3v) is 5.91. The first-order valence-electron chi connectivity index (χ1n) is 9.81. The maximum Gasteiger partial charge on any atom is 0.262 e. The quantitative estimate of drug-likeness (QED) is 0.301. The number of ether oxygens (including phenoxy) is 1. The number of hydrazone groups is 1. The molecule has 3 rings (SSSR count). The van der Waals surface area contributed by atoms with Crippen LogP contribution in [0.4, 0.5) is 5.69 Å². The van der Waals surface area contributed by atoms with Crippen molar-refractivity contribution in [3.63, 3.8) is 0 Å². The van der Waals surface area contributed by atoms with Gasteiger partial charge in [0.25, 0.3) is 5.91 Å². The highest BCUT2D eigenvalue weighted by Gasteiger charge is 2.04. The molecule has 8 heteroatoms. The maximum absolute atomic E-state index is 11.9. The van der Waals surface area contributed by atoms with Crippen LogP contribution < -0.4 is 15.5 Å². The molecular weight excluding hydrogens is 490 g/mol. The molecule has 0 aliphatic rings. The summed E-state index contributed by atoms with van der Waals surface area (Å²) in [6.07, 6.45) is 1.56. The van der Waals surface area contributed by atoms with Gasteiger partial charge < -0.3 is 10.1 Å². The van der Waals surface area contributed by atoms with Crippen molar-refractivity contribution in [2.45, 2.75) is 5.75 Å². The van der Waals surface area contributed by atoms with Crippen molar-refractivity contribution in [2.75, 3.05) is 17.7 Å². The number of para-hydroxylation sites is 1. The summed E-state index contributed by atoms with van der Waals surface area (Å²) >= 11 is 5.02. The fraction of sp³-hybridized carbons (Fsp3) is 0.125. The van der Waals surface area contributed by atoms with Gasteiger partial charge in [0, 0.05) is 15.9 Å². The standard InChI is InChI=1S/C24H22BrN3O3S/c25-22-9-5-4-6-19(22)16-32-17-24(30)28-26-14-18-10-12-21(13-11-18)31-15-23(29)27-20-7-2-1-3-8-20/h1-14H,15-17H2,(H,27,29)(H,28,30)/b26-14+. The predicted molar refractivity (Wildman–Crippen MR) is 133 cm³/mol. The summed E-state index contributed by atoms with van der Waals surface area (Å²) in [5.74, 6) is 1.22. The highest BCUT2D eigenvalue weighted by atomic mass is 79.9. The van der Waals surface area contributed by atoms with Crippen LogP contribution in [-0.4, -0.2) is 30.4 Å². The average Bonchev–Trinajstić information content (AvgIpc) is 2.80. The minimum absolute atomic E-state index is 0.0877. The highest BCUT2D eigenvalue weighted by molar-refractivity contribution is 9.10. The van der Waals surface area contributed by atoms with Crippen molar-refractivity contribution >= 4 is 51.4 Å². The molecule has 0 aliphatic heterocycles. The normalized spacial score (nSPS) is 10.7. The molecule has 0 saturated heterocycles. The Morgan fingerprint density at radius 3 is 2.41 bits per heavy atom.